The van der Waals surface area contributed by atoms with Crippen molar-refractivity contribution in [2.75, 3.05) is 10.6 Å². The van der Waals surface area contributed by atoms with Gasteiger partial charge in [0.05, 0.1) is 10.0 Å². The molecule has 8 aromatic rings. The smallest absolute Gasteiger partial charge is 0.168 e. The molecule has 0 aliphatic carbocycles. The van der Waals surface area contributed by atoms with Crippen molar-refractivity contribution in [1.82, 2.24) is 20.4 Å². The number of nitrogens with zero attached hydrogens (tertiary/aromatic N) is 2. The van der Waals surface area contributed by atoms with Gasteiger partial charge in [0, 0.05) is 39.7 Å². The molecule has 0 saturated carbocycles. The zero-order valence-electron chi connectivity index (χ0n) is 26.3. The van der Waals surface area contributed by atoms with Gasteiger partial charge in [-0.2, -0.15) is 10.2 Å². The first-order chi connectivity index (χ1) is 25.1. The highest BCUT2D eigenvalue weighted by Gasteiger charge is 2.21. The van der Waals surface area contributed by atoms with Crippen molar-refractivity contribution in [2.45, 2.75) is 0 Å². The highest BCUT2D eigenvalue weighted by atomic mass is 35.5. The summed E-state index contributed by atoms with van der Waals surface area (Å²) >= 11 is 12.3. The van der Waals surface area contributed by atoms with Crippen LogP contribution in [0, 0.1) is 34.9 Å². The molecule has 6 nitrogen and oxygen atoms in total. The van der Waals surface area contributed by atoms with E-state index in [0.717, 1.165) is 5.56 Å². The Balaban J connectivity index is 0.000000162. The van der Waals surface area contributed by atoms with Crippen molar-refractivity contribution < 1.29 is 26.3 Å². The maximum atomic E-state index is 14.7. The SMILES string of the molecule is Fc1cc(F)c(Nc2n[nH]c3c(F)c(Cl)c(-c4ccccc4)cc23)c(F)c1.Fc1ccc(Nc2n[nH]c3c(F)c(Cl)c(-c4ccccc4)cc23)cc1. The van der Waals surface area contributed by atoms with Crippen LogP contribution < -0.4 is 10.6 Å². The van der Waals surface area contributed by atoms with E-state index < -0.39 is 34.8 Å². The third-order valence-corrected chi connectivity index (χ3v) is 8.75. The first kappa shape index (κ1) is 34.5. The molecule has 52 heavy (non-hydrogen) atoms. The molecule has 6 aromatic carbocycles. The summed E-state index contributed by atoms with van der Waals surface area (Å²) < 4.78 is 83.3. The summed E-state index contributed by atoms with van der Waals surface area (Å²) in [6, 6.07) is 28.4. The van der Waals surface area contributed by atoms with Crippen LogP contribution in [0.2, 0.25) is 10.0 Å². The lowest BCUT2D eigenvalue weighted by atomic mass is 10.0. The summed E-state index contributed by atoms with van der Waals surface area (Å²) in [5.41, 5.74) is 2.69. The number of rotatable bonds is 6. The van der Waals surface area contributed by atoms with Crippen molar-refractivity contribution in [2.24, 2.45) is 0 Å². The fraction of sp³-hybridized carbons (Fsp3) is 0. The zero-order chi connectivity index (χ0) is 36.5. The number of hydrogen-bond donors (Lipinski definition) is 4. The molecule has 0 atom stereocenters. The number of anilines is 4. The molecular weight excluding hydrogens is 725 g/mol. The number of fused-ring (bicyclic) bond motifs is 2. The van der Waals surface area contributed by atoms with E-state index in [1.165, 1.54) is 12.1 Å². The molecule has 0 unspecified atom stereocenters. The topological polar surface area (TPSA) is 81.4 Å². The molecule has 260 valence electrons. The van der Waals surface area contributed by atoms with E-state index in [2.05, 4.69) is 31.0 Å². The van der Waals surface area contributed by atoms with E-state index in [-0.39, 0.29) is 38.1 Å². The Labute approximate surface area is 301 Å². The Morgan fingerprint density at radius 2 is 0.942 bits per heavy atom. The van der Waals surface area contributed by atoms with E-state index in [4.69, 9.17) is 23.2 Å². The number of nitrogens with one attached hydrogen (secondary N) is 4. The summed E-state index contributed by atoms with van der Waals surface area (Å²) in [5, 5.41) is 19.3. The Morgan fingerprint density at radius 3 is 1.40 bits per heavy atom. The third kappa shape index (κ3) is 6.73. The third-order valence-electron chi connectivity index (χ3n) is 8.01. The molecule has 0 radical (unpaired) electrons. The molecule has 0 amide bonds. The average Bonchev–Trinajstić information content (AvgIpc) is 3.75. The van der Waals surface area contributed by atoms with Crippen LogP contribution in [0.4, 0.5) is 49.4 Å². The number of hydrogen-bond acceptors (Lipinski definition) is 4. The lowest BCUT2D eigenvalue weighted by Gasteiger charge is -2.09. The van der Waals surface area contributed by atoms with Crippen LogP contribution in [0.3, 0.4) is 0 Å². The number of aromatic nitrogens is 4. The summed E-state index contributed by atoms with van der Waals surface area (Å²) in [5.74, 6) is -4.54. The van der Waals surface area contributed by atoms with Gasteiger partial charge in [-0.15, -0.1) is 0 Å². The predicted molar refractivity (Wildman–Crippen MR) is 192 cm³/mol. The molecule has 8 rings (SSSR count). The number of benzene rings is 6. The fourth-order valence-corrected chi connectivity index (χ4v) is 6.00. The first-order valence-corrected chi connectivity index (χ1v) is 16.1. The minimum atomic E-state index is -1.14. The van der Waals surface area contributed by atoms with Crippen LogP contribution in [-0.4, -0.2) is 20.4 Å². The molecule has 0 bridgehead atoms. The van der Waals surface area contributed by atoms with Crippen LogP contribution in [0.15, 0.2) is 109 Å². The van der Waals surface area contributed by atoms with Crippen LogP contribution >= 0.6 is 23.2 Å². The highest BCUT2D eigenvalue weighted by molar-refractivity contribution is 6.35. The second kappa shape index (κ2) is 14.3. The summed E-state index contributed by atoms with van der Waals surface area (Å²) in [4.78, 5) is 0. The zero-order valence-corrected chi connectivity index (χ0v) is 27.8. The lowest BCUT2D eigenvalue weighted by molar-refractivity contribution is 0.549. The number of halogens is 8. The maximum Gasteiger partial charge on any atom is 0.168 e. The van der Waals surface area contributed by atoms with Crippen molar-refractivity contribution in [3.05, 3.63) is 154 Å². The van der Waals surface area contributed by atoms with Crippen molar-refractivity contribution in [3.8, 4) is 22.3 Å². The van der Waals surface area contributed by atoms with E-state index in [1.54, 1.807) is 54.6 Å². The normalized spacial score (nSPS) is 11.1. The maximum absolute atomic E-state index is 14.7. The van der Waals surface area contributed by atoms with E-state index >= 15 is 0 Å². The second-order valence-corrected chi connectivity index (χ2v) is 12.1. The highest BCUT2D eigenvalue weighted by Crippen LogP contribution is 2.39. The van der Waals surface area contributed by atoms with Crippen molar-refractivity contribution in [3.63, 3.8) is 0 Å². The molecule has 2 aromatic heterocycles. The minimum Gasteiger partial charge on any atom is -0.338 e. The average molecular weight is 748 g/mol. The van der Waals surface area contributed by atoms with Gasteiger partial charge in [-0.1, -0.05) is 83.9 Å². The van der Waals surface area contributed by atoms with Gasteiger partial charge in [0.25, 0.3) is 0 Å². The monoisotopic (exact) mass is 746 g/mol. The quantitative estimate of drug-likeness (QED) is 0.128. The fourth-order valence-electron chi connectivity index (χ4n) is 5.48. The Morgan fingerprint density at radius 1 is 0.500 bits per heavy atom. The van der Waals surface area contributed by atoms with E-state index in [1.807, 2.05) is 30.3 Å². The molecule has 0 spiro atoms. The summed E-state index contributed by atoms with van der Waals surface area (Å²) in [7, 11) is 0. The first-order valence-electron chi connectivity index (χ1n) is 15.4. The van der Waals surface area contributed by atoms with Gasteiger partial charge in [-0.25, -0.2) is 26.3 Å². The largest absolute Gasteiger partial charge is 0.338 e. The summed E-state index contributed by atoms with van der Waals surface area (Å²) in [6.45, 7) is 0. The Hall–Kier alpha value is -5.98. The van der Waals surface area contributed by atoms with Crippen LogP contribution in [-0.2, 0) is 0 Å². The van der Waals surface area contributed by atoms with E-state index in [0.29, 0.717) is 45.7 Å². The molecule has 2 heterocycles. The van der Waals surface area contributed by atoms with Gasteiger partial charge in [0.2, 0.25) is 0 Å². The van der Waals surface area contributed by atoms with Gasteiger partial charge < -0.3 is 10.6 Å². The molecule has 0 saturated heterocycles. The molecule has 0 aliphatic rings. The van der Waals surface area contributed by atoms with Gasteiger partial charge in [0.1, 0.15) is 28.4 Å². The Kier molecular flexibility index (Phi) is 9.50. The van der Waals surface area contributed by atoms with Gasteiger partial charge in [0.15, 0.2) is 34.9 Å². The van der Waals surface area contributed by atoms with Gasteiger partial charge in [-0.3, -0.25) is 10.2 Å². The second-order valence-electron chi connectivity index (χ2n) is 11.3. The van der Waals surface area contributed by atoms with Crippen LogP contribution in [0.1, 0.15) is 0 Å². The molecule has 0 fully saturated rings. The lowest BCUT2D eigenvalue weighted by Crippen LogP contribution is -1.99. The van der Waals surface area contributed by atoms with Gasteiger partial charge >= 0.3 is 0 Å². The number of H-pyrrole nitrogens is 2. The molecular formula is C38H22Cl2F6N6. The van der Waals surface area contributed by atoms with Crippen molar-refractivity contribution in [1.29, 1.82) is 0 Å². The van der Waals surface area contributed by atoms with E-state index in [9.17, 15) is 26.3 Å². The van der Waals surface area contributed by atoms with Crippen molar-refractivity contribution >= 4 is 68.0 Å². The minimum absolute atomic E-state index is 0.0230. The molecule has 4 N–H and O–H groups in total. The number of aromatic amines is 2. The molecule has 14 heteroatoms. The molecule has 0 aliphatic heterocycles. The van der Waals surface area contributed by atoms with Crippen LogP contribution in [0.5, 0.6) is 0 Å². The Bertz CT molecular complexity index is 2540. The van der Waals surface area contributed by atoms with Gasteiger partial charge in [-0.05, 0) is 47.5 Å². The summed E-state index contributed by atoms with van der Waals surface area (Å²) in [6.07, 6.45) is 0. The predicted octanol–water partition coefficient (Wildman–Crippen LogP) is 12.1. The standard InChI is InChI=1S/C19H10ClF4N3.C19H12ClF2N3/c20-15-11(9-4-2-1-3-5-9)8-12-17(16(15)24)26-27-19(12)25-18-13(22)6-10(21)7-14(18)23;20-16-14(11-4-2-1-3-5-11)10-15-18(17(16)22)24-25-19(15)23-13-8-6-12(21)7-9-13/h1-8H,(H2,25,26,27);1-10H,(H2,23,24,25). The van der Waals surface area contributed by atoms with Crippen LogP contribution in [0.25, 0.3) is 44.1 Å².